The minimum Gasteiger partial charge on any atom is -0.481 e. The van der Waals surface area contributed by atoms with Gasteiger partial charge in [0.2, 0.25) is 6.29 Å². The number of allylic oxidation sites excluding steroid dienone is 1. The molecule has 5 saturated carbocycles. The fraction of sp³-hybridized carbons (Fsp3) is 0.892. The highest BCUT2D eigenvalue weighted by molar-refractivity contribution is 5.76. The second-order valence-corrected chi connectivity index (χ2v) is 17.7. The van der Waals surface area contributed by atoms with Crippen LogP contribution in [0.4, 0.5) is 0 Å². The first-order valence-electron chi connectivity index (χ1n) is 17.7. The molecule has 254 valence electrons. The zero-order valence-corrected chi connectivity index (χ0v) is 28.3. The van der Waals surface area contributed by atoms with E-state index in [4.69, 9.17) is 9.47 Å². The average Bonchev–Trinajstić information content (AvgIpc) is 3.38. The summed E-state index contributed by atoms with van der Waals surface area (Å²) in [6, 6.07) is 0. The summed E-state index contributed by atoms with van der Waals surface area (Å²) in [4.78, 5) is 24.0. The summed E-state index contributed by atoms with van der Waals surface area (Å²) in [5.74, 6) is 1.52. The quantitative estimate of drug-likeness (QED) is 0.217. The van der Waals surface area contributed by atoms with Crippen LogP contribution in [0, 0.1) is 62.6 Å². The summed E-state index contributed by atoms with van der Waals surface area (Å²) >= 11 is 0. The summed E-state index contributed by atoms with van der Waals surface area (Å²) in [5, 5.41) is 42.3. The first-order valence-corrected chi connectivity index (χ1v) is 17.7. The van der Waals surface area contributed by atoms with E-state index in [-0.39, 0.29) is 40.0 Å². The van der Waals surface area contributed by atoms with Gasteiger partial charge in [0.05, 0.1) is 11.5 Å². The SMILES string of the molecule is C=C(C)[C@@H]1CC[C@]2(C(=O)O)CC[C@]3(C)C(CCC4[C@@]5(C)CC[C@H](C[C@@H]6OC(OC=O)[C@@H](O)C(O)[C@@H]6O)C(C)(C)C5CC[C@]43C)C12. The number of ether oxygens (including phenoxy) is 2. The minimum atomic E-state index is -1.49. The Balaban J connectivity index is 1.26. The Labute approximate surface area is 269 Å². The van der Waals surface area contributed by atoms with Crippen molar-refractivity contribution in [2.24, 2.45) is 62.6 Å². The third kappa shape index (κ3) is 4.50. The zero-order valence-electron chi connectivity index (χ0n) is 28.3. The van der Waals surface area contributed by atoms with E-state index in [1.165, 1.54) is 0 Å². The molecule has 6 unspecified atom stereocenters. The monoisotopic (exact) mass is 630 g/mol. The van der Waals surface area contributed by atoms with Crippen molar-refractivity contribution in [1.29, 1.82) is 0 Å². The Hall–Kier alpha value is -1.48. The molecule has 8 heteroatoms. The molecule has 1 aliphatic heterocycles. The van der Waals surface area contributed by atoms with Gasteiger partial charge in [0, 0.05) is 0 Å². The van der Waals surface area contributed by atoms with Crippen molar-refractivity contribution in [1.82, 2.24) is 0 Å². The van der Waals surface area contributed by atoms with Gasteiger partial charge in [0.1, 0.15) is 18.3 Å². The van der Waals surface area contributed by atoms with Gasteiger partial charge >= 0.3 is 5.97 Å². The van der Waals surface area contributed by atoms with Crippen LogP contribution in [-0.4, -0.2) is 63.6 Å². The van der Waals surface area contributed by atoms with Crippen LogP contribution in [0.1, 0.15) is 112 Å². The van der Waals surface area contributed by atoms with Crippen molar-refractivity contribution < 1.29 is 39.5 Å². The van der Waals surface area contributed by atoms with Crippen LogP contribution in [0.5, 0.6) is 0 Å². The van der Waals surface area contributed by atoms with E-state index in [1.807, 2.05) is 0 Å². The fourth-order valence-electron chi connectivity index (χ4n) is 13.6. The molecule has 0 aromatic heterocycles. The lowest BCUT2D eigenvalue weighted by molar-refractivity contribution is -0.291. The lowest BCUT2D eigenvalue weighted by atomic mass is 9.32. The summed E-state index contributed by atoms with van der Waals surface area (Å²) in [7, 11) is 0. The maximum absolute atomic E-state index is 13.0. The second kappa shape index (κ2) is 11.0. The standard InChI is InChI=1S/C37H58O8/c1-20(2)22-11-15-37(32(42)43)17-16-35(6)23(27(22)37)8-9-26-34(5)13-10-21(33(3,4)25(34)12-14-36(26,35)7)18-24-28(39)29(40)30(41)31(45-24)44-19-38/h19,21-31,39-41H,1,8-18H2,2-7H3,(H,42,43)/t21-,22+,23?,24+,25?,26?,27?,28-,29?,30+,31?,34+,35-,36-,37+/m1/s1. The maximum atomic E-state index is 13.0. The molecule has 0 aromatic carbocycles. The molecule has 5 aliphatic carbocycles. The third-order valence-electron chi connectivity index (χ3n) is 16.1. The Morgan fingerprint density at radius 2 is 1.58 bits per heavy atom. The van der Waals surface area contributed by atoms with E-state index < -0.39 is 42.1 Å². The zero-order chi connectivity index (χ0) is 32.9. The van der Waals surface area contributed by atoms with Gasteiger partial charge in [-0.3, -0.25) is 9.59 Å². The Kier molecular flexibility index (Phi) is 8.19. The van der Waals surface area contributed by atoms with Crippen LogP contribution in [-0.2, 0) is 19.1 Å². The van der Waals surface area contributed by atoms with Gasteiger partial charge in [-0.15, -0.1) is 0 Å². The fourth-order valence-corrected chi connectivity index (χ4v) is 13.6. The molecule has 1 saturated heterocycles. The highest BCUT2D eigenvalue weighted by Crippen LogP contribution is 2.78. The first-order chi connectivity index (χ1) is 21.0. The number of carbonyl (C=O) groups is 2. The van der Waals surface area contributed by atoms with Crippen molar-refractivity contribution in [3.05, 3.63) is 12.2 Å². The molecular formula is C37H58O8. The predicted octanol–water partition coefficient (Wildman–Crippen LogP) is 5.72. The first kappa shape index (κ1) is 33.4. The number of carbonyl (C=O) groups excluding carboxylic acids is 1. The predicted molar refractivity (Wildman–Crippen MR) is 169 cm³/mol. The molecule has 0 bridgehead atoms. The normalized spacial score (nSPS) is 53.7. The molecule has 0 amide bonds. The Morgan fingerprint density at radius 1 is 0.867 bits per heavy atom. The molecule has 0 radical (unpaired) electrons. The van der Waals surface area contributed by atoms with Crippen molar-refractivity contribution in [2.45, 2.75) is 143 Å². The lowest BCUT2D eigenvalue weighted by Crippen LogP contribution is -2.67. The summed E-state index contributed by atoms with van der Waals surface area (Å²) < 4.78 is 10.8. The van der Waals surface area contributed by atoms with E-state index >= 15 is 0 Å². The molecule has 0 aromatic rings. The van der Waals surface area contributed by atoms with Crippen LogP contribution >= 0.6 is 0 Å². The number of hydrogen-bond acceptors (Lipinski definition) is 7. The Morgan fingerprint density at radius 3 is 2.22 bits per heavy atom. The molecule has 8 nitrogen and oxygen atoms in total. The molecule has 6 aliphatic rings. The number of rotatable bonds is 6. The smallest absolute Gasteiger partial charge is 0.309 e. The minimum absolute atomic E-state index is 0.0568. The summed E-state index contributed by atoms with van der Waals surface area (Å²) in [5.41, 5.74) is 0.836. The van der Waals surface area contributed by atoms with Crippen LogP contribution in [0.15, 0.2) is 12.2 Å². The van der Waals surface area contributed by atoms with Crippen molar-refractivity contribution in [2.75, 3.05) is 0 Å². The molecule has 0 spiro atoms. The number of aliphatic hydroxyl groups excluding tert-OH is 3. The van der Waals surface area contributed by atoms with Gasteiger partial charge in [-0.25, -0.2) is 0 Å². The molecule has 15 atom stereocenters. The number of aliphatic hydroxyl groups is 3. The topological polar surface area (TPSA) is 134 Å². The van der Waals surface area contributed by atoms with Gasteiger partial charge in [0.15, 0.2) is 0 Å². The van der Waals surface area contributed by atoms with E-state index in [9.17, 15) is 30.0 Å². The molecule has 1 heterocycles. The van der Waals surface area contributed by atoms with E-state index in [0.717, 1.165) is 69.8 Å². The molecular weight excluding hydrogens is 572 g/mol. The van der Waals surface area contributed by atoms with Gasteiger partial charge in [-0.05, 0) is 135 Å². The molecule has 45 heavy (non-hydrogen) atoms. The van der Waals surface area contributed by atoms with Crippen LogP contribution in [0.25, 0.3) is 0 Å². The highest BCUT2D eigenvalue weighted by atomic mass is 16.7. The number of carboxylic acids is 1. The van der Waals surface area contributed by atoms with E-state index in [0.29, 0.717) is 30.1 Å². The van der Waals surface area contributed by atoms with Gasteiger partial charge in [0.25, 0.3) is 6.47 Å². The summed E-state index contributed by atoms with van der Waals surface area (Å²) in [6.45, 7) is 19.1. The van der Waals surface area contributed by atoms with Crippen LogP contribution in [0.3, 0.4) is 0 Å². The van der Waals surface area contributed by atoms with Crippen molar-refractivity contribution in [3.8, 4) is 0 Å². The maximum Gasteiger partial charge on any atom is 0.309 e. The van der Waals surface area contributed by atoms with Gasteiger partial charge < -0.3 is 29.9 Å². The van der Waals surface area contributed by atoms with Crippen molar-refractivity contribution in [3.63, 3.8) is 0 Å². The summed E-state index contributed by atoms with van der Waals surface area (Å²) in [6.07, 6.45) is 4.29. The lowest BCUT2D eigenvalue weighted by Gasteiger charge is -2.73. The third-order valence-corrected chi connectivity index (χ3v) is 16.1. The number of carboxylic acid groups (broad SMARTS) is 1. The van der Waals surface area contributed by atoms with Crippen molar-refractivity contribution >= 4 is 12.4 Å². The number of fused-ring (bicyclic) bond motifs is 7. The number of aliphatic carboxylic acids is 1. The molecule has 6 fully saturated rings. The molecule has 6 rings (SSSR count). The van der Waals surface area contributed by atoms with E-state index in [2.05, 4.69) is 48.1 Å². The van der Waals surface area contributed by atoms with Crippen LogP contribution < -0.4 is 0 Å². The second-order valence-electron chi connectivity index (χ2n) is 17.7. The van der Waals surface area contributed by atoms with Gasteiger partial charge in [-0.2, -0.15) is 0 Å². The highest BCUT2D eigenvalue weighted by Gasteiger charge is 2.72. The molecule has 4 N–H and O–H groups in total. The largest absolute Gasteiger partial charge is 0.481 e. The Bertz CT molecular complexity index is 1200. The van der Waals surface area contributed by atoms with Crippen LogP contribution in [0.2, 0.25) is 0 Å². The van der Waals surface area contributed by atoms with Gasteiger partial charge in [-0.1, -0.05) is 46.8 Å². The van der Waals surface area contributed by atoms with E-state index in [1.54, 1.807) is 0 Å². The number of hydrogen-bond donors (Lipinski definition) is 4. The average molecular weight is 631 g/mol.